The van der Waals surface area contributed by atoms with Crippen LogP contribution in [0.15, 0.2) is 29.6 Å². The third kappa shape index (κ3) is 3.94. The summed E-state index contributed by atoms with van der Waals surface area (Å²) in [7, 11) is 0. The van der Waals surface area contributed by atoms with Crippen molar-refractivity contribution in [2.24, 2.45) is 0 Å². The van der Waals surface area contributed by atoms with E-state index in [0.29, 0.717) is 12.1 Å². The summed E-state index contributed by atoms with van der Waals surface area (Å²) < 4.78 is 0. The molecule has 21 heavy (non-hydrogen) atoms. The molecule has 0 saturated carbocycles. The number of nitrogens with one attached hydrogen (secondary N) is 1. The van der Waals surface area contributed by atoms with Crippen LogP contribution < -0.4 is 5.32 Å². The lowest BCUT2D eigenvalue weighted by Crippen LogP contribution is -2.22. The molecule has 1 amide bonds. The van der Waals surface area contributed by atoms with Crippen molar-refractivity contribution in [1.82, 2.24) is 5.32 Å². The van der Waals surface area contributed by atoms with E-state index in [1.54, 1.807) is 23.5 Å². The van der Waals surface area contributed by atoms with Gasteiger partial charge in [-0.1, -0.05) is 17.9 Å². The Morgan fingerprint density at radius 2 is 2.10 bits per heavy atom. The van der Waals surface area contributed by atoms with Crippen molar-refractivity contribution >= 4 is 17.2 Å². The monoisotopic (exact) mass is 299 g/mol. The van der Waals surface area contributed by atoms with Gasteiger partial charge in [0.15, 0.2) is 0 Å². The molecular weight excluding hydrogens is 282 g/mol. The summed E-state index contributed by atoms with van der Waals surface area (Å²) in [4.78, 5) is 13.3. The van der Waals surface area contributed by atoms with Gasteiger partial charge in [-0.15, -0.1) is 11.3 Å². The zero-order chi connectivity index (χ0) is 15.2. The number of aliphatic hydroxyl groups is 1. The van der Waals surface area contributed by atoms with E-state index < -0.39 is 0 Å². The van der Waals surface area contributed by atoms with Crippen LogP contribution in [0.2, 0.25) is 0 Å². The molecule has 3 nitrogen and oxygen atoms in total. The molecule has 2 aromatic rings. The minimum Gasteiger partial charge on any atom is -0.384 e. The first-order valence-electron chi connectivity index (χ1n) is 6.63. The quantitative estimate of drug-likeness (QED) is 0.856. The number of carbonyl (C=O) groups excluding carboxylic acids is 1. The molecule has 1 aromatic carbocycles. The van der Waals surface area contributed by atoms with Gasteiger partial charge in [-0.05, 0) is 48.6 Å². The Morgan fingerprint density at radius 3 is 2.76 bits per heavy atom. The number of carbonyl (C=O) groups is 1. The van der Waals surface area contributed by atoms with Gasteiger partial charge in [-0.25, -0.2) is 0 Å². The van der Waals surface area contributed by atoms with E-state index in [4.69, 9.17) is 5.11 Å². The molecule has 0 unspecified atom stereocenters. The van der Waals surface area contributed by atoms with Crippen LogP contribution in [0.1, 0.15) is 31.9 Å². The highest BCUT2D eigenvalue weighted by Gasteiger charge is 2.08. The van der Waals surface area contributed by atoms with Gasteiger partial charge >= 0.3 is 0 Å². The maximum Gasteiger partial charge on any atom is 0.251 e. The highest BCUT2D eigenvalue weighted by Crippen LogP contribution is 2.15. The number of thiophene rings is 1. The van der Waals surface area contributed by atoms with Gasteiger partial charge in [0.2, 0.25) is 0 Å². The van der Waals surface area contributed by atoms with Crippen LogP contribution in [0.5, 0.6) is 0 Å². The van der Waals surface area contributed by atoms with Crippen molar-refractivity contribution in [3.05, 3.63) is 56.8 Å². The maximum absolute atomic E-state index is 12.2. The predicted octanol–water partition coefficient (Wildman–Crippen LogP) is 2.64. The van der Waals surface area contributed by atoms with Crippen LogP contribution in [0, 0.1) is 25.7 Å². The molecule has 0 aliphatic carbocycles. The topological polar surface area (TPSA) is 49.3 Å². The summed E-state index contributed by atoms with van der Waals surface area (Å²) in [6, 6.07) is 7.46. The van der Waals surface area contributed by atoms with Crippen molar-refractivity contribution in [2.75, 3.05) is 6.61 Å². The zero-order valence-electron chi connectivity index (χ0n) is 12.1. The molecule has 0 bridgehead atoms. The zero-order valence-corrected chi connectivity index (χ0v) is 12.9. The second kappa shape index (κ2) is 7.07. The second-order valence-electron chi connectivity index (χ2n) is 4.70. The number of rotatable bonds is 3. The summed E-state index contributed by atoms with van der Waals surface area (Å²) in [5.41, 5.74) is 3.53. The van der Waals surface area contributed by atoms with E-state index in [1.165, 1.54) is 5.56 Å². The van der Waals surface area contributed by atoms with Crippen LogP contribution in [0.3, 0.4) is 0 Å². The molecule has 2 rings (SSSR count). The van der Waals surface area contributed by atoms with Crippen LogP contribution >= 0.6 is 11.3 Å². The average Bonchev–Trinajstić information content (AvgIpc) is 2.89. The van der Waals surface area contributed by atoms with Gasteiger partial charge in [0.25, 0.3) is 5.91 Å². The molecular formula is C17H17NO2S. The van der Waals surface area contributed by atoms with E-state index in [2.05, 4.69) is 17.2 Å². The summed E-state index contributed by atoms with van der Waals surface area (Å²) in [5, 5.41) is 13.7. The third-order valence-corrected chi connectivity index (χ3v) is 4.20. The lowest BCUT2D eigenvalue weighted by atomic mass is 10.0. The van der Waals surface area contributed by atoms with Crippen molar-refractivity contribution in [1.29, 1.82) is 0 Å². The van der Waals surface area contributed by atoms with Crippen molar-refractivity contribution in [3.63, 3.8) is 0 Å². The van der Waals surface area contributed by atoms with E-state index in [0.717, 1.165) is 16.0 Å². The SMILES string of the molecule is Cc1ccc(C(=O)NCc2sccc2C)cc1C#CCO. The van der Waals surface area contributed by atoms with Gasteiger partial charge < -0.3 is 10.4 Å². The fourth-order valence-electron chi connectivity index (χ4n) is 1.88. The molecule has 0 atom stereocenters. The predicted molar refractivity (Wildman–Crippen MR) is 85.4 cm³/mol. The van der Waals surface area contributed by atoms with Gasteiger partial charge in [-0.2, -0.15) is 0 Å². The van der Waals surface area contributed by atoms with Gasteiger partial charge in [0.05, 0.1) is 6.54 Å². The largest absolute Gasteiger partial charge is 0.384 e. The first-order valence-corrected chi connectivity index (χ1v) is 7.51. The number of hydrogen-bond acceptors (Lipinski definition) is 3. The Bertz CT molecular complexity index is 707. The van der Waals surface area contributed by atoms with Crippen LogP contribution in [0.4, 0.5) is 0 Å². The summed E-state index contributed by atoms with van der Waals surface area (Å²) >= 11 is 1.64. The van der Waals surface area contributed by atoms with E-state index >= 15 is 0 Å². The lowest BCUT2D eigenvalue weighted by Gasteiger charge is -2.06. The normalized spacial score (nSPS) is 9.86. The van der Waals surface area contributed by atoms with Gasteiger partial charge in [0.1, 0.15) is 6.61 Å². The molecule has 1 heterocycles. The van der Waals surface area contributed by atoms with Crippen LogP contribution in [0.25, 0.3) is 0 Å². The summed E-state index contributed by atoms with van der Waals surface area (Å²) in [5.74, 6) is 5.35. The van der Waals surface area contributed by atoms with Crippen LogP contribution in [-0.4, -0.2) is 17.6 Å². The molecule has 0 aliphatic rings. The Balaban J connectivity index is 2.10. The number of aliphatic hydroxyl groups excluding tert-OH is 1. The van der Waals surface area contributed by atoms with Crippen molar-refractivity contribution < 1.29 is 9.90 Å². The minimum absolute atomic E-state index is 0.116. The average molecular weight is 299 g/mol. The van der Waals surface area contributed by atoms with E-state index in [1.807, 2.05) is 31.4 Å². The molecule has 0 radical (unpaired) electrons. The Kier molecular flexibility index (Phi) is 5.15. The molecule has 2 N–H and O–H groups in total. The number of amides is 1. The number of hydrogen-bond donors (Lipinski definition) is 2. The van der Waals surface area contributed by atoms with Gasteiger partial charge in [0, 0.05) is 16.0 Å². The Morgan fingerprint density at radius 1 is 1.29 bits per heavy atom. The Hall–Kier alpha value is -2.09. The Labute approximate surface area is 128 Å². The first-order chi connectivity index (χ1) is 10.1. The van der Waals surface area contributed by atoms with Crippen LogP contribution in [-0.2, 0) is 6.54 Å². The smallest absolute Gasteiger partial charge is 0.251 e. The van der Waals surface area contributed by atoms with E-state index in [-0.39, 0.29) is 12.5 Å². The van der Waals surface area contributed by atoms with Crippen molar-refractivity contribution in [3.8, 4) is 11.8 Å². The minimum atomic E-state index is -0.187. The molecule has 108 valence electrons. The first kappa shape index (κ1) is 15.3. The van der Waals surface area contributed by atoms with Gasteiger partial charge in [-0.3, -0.25) is 4.79 Å². The van der Waals surface area contributed by atoms with Crippen molar-refractivity contribution in [2.45, 2.75) is 20.4 Å². The fourth-order valence-corrected chi connectivity index (χ4v) is 2.73. The molecule has 4 heteroatoms. The maximum atomic E-state index is 12.2. The molecule has 0 aliphatic heterocycles. The van der Waals surface area contributed by atoms with E-state index in [9.17, 15) is 4.79 Å². The molecule has 1 aromatic heterocycles. The molecule has 0 spiro atoms. The standard InChI is InChI=1S/C17H17NO2S/c1-12-5-6-15(10-14(12)4-3-8-19)17(20)18-11-16-13(2)7-9-21-16/h5-7,9-10,19H,8,11H2,1-2H3,(H,18,20). The highest BCUT2D eigenvalue weighted by atomic mass is 32.1. The lowest BCUT2D eigenvalue weighted by molar-refractivity contribution is 0.0951. The highest BCUT2D eigenvalue weighted by molar-refractivity contribution is 7.10. The second-order valence-corrected chi connectivity index (χ2v) is 5.70. The summed E-state index contributed by atoms with van der Waals surface area (Å²) in [6.45, 7) is 4.31. The molecule has 0 fully saturated rings. The third-order valence-electron chi connectivity index (χ3n) is 3.18. The fraction of sp³-hybridized carbons (Fsp3) is 0.235. The number of benzene rings is 1. The summed E-state index contributed by atoms with van der Waals surface area (Å²) in [6.07, 6.45) is 0. The molecule has 0 saturated heterocycles. The number of aryl methyl sites for hydroxylation is 2.